The molecule has 0 aliphatic heterocycles. The molecule has 3 nitrogen and oxygen atoms in total. The minimum atomic E-state index is 0.0199. The third kappa shape index (κ3) is 5.38. The smallest absolute Gasteiger partial charge is 0.275 e. The Bertz CT molecular complexity index is 628. The van der Waals surface area contributed by atoms with Crippen LogP contribution in [0.15, 0.2) is 54.6 Å². The number of rotatable bonds is 7. The van der Waals surface area contributed by atoms with Crippen LogP contribution in [0.25, 0.3) is 0 Å². The van der Waals surface area contributed by atoms with Crippen LogP contribution >= 0.6 is 11.6 Å². The lowest BCUT2D eigenvalue weighted by atomic mass is 9.96. The molecule has 3 N–H and O–H groups in total. The van der Waals surface area contributed by atoms with Gasteiger partial charge in [-0.1, -0.05) is 74.0 Å². The van der Waals surface area contributed by atoms with E-state index in [0.29, 0.717) is 24.0 Å². The lowest BCUT2D eigenvalue weighted by molar-refractivity contribution is -0.692. The van der Waals surface area contributed by atoms with Gasteiger partial charge in [-0.3, -0.25) is 4.79 Å². The van der Waals surface area contributed by atoms with Gasteiger partial charge in [-0.15, -0.1) is 0 Å². The highest BCUT2D eigenvalue weighted by Gasteiger charge is 2.20. The first kappa shape index (κ1) is 17.5. The Morgan fingerprint density at radius 1 is 1.09 bits per heavy atom. The van der Waals surface area contributed by atoms with E-state index in [0.717, 1.165) is 5.56 Å². The third-order valence-corrected chi connectivity index (χ3v) is 4.26. The van der Waals surface area contributed by atoms with Gasteiger partial charge in [0.25, 0.3) is 5.91 Å². The van der Waals surface area contributed by atoms with Gasteiger partial charge in [0.2, 0.25) is 0 Å². The number of hydrogen-bond acceptors (Lipinski definition) is 1. The number of hydrogen-bond donors (Lipinski definition) is 2. The first-order valence-corrected chi connectivity index (χ1v) is 8.34. The van der Waals surface area contributed by atoms with Crippen LogP contribution in [0.3, 0.4) is 0 Å². The minimum absolute atomic E-state index is 0.0199. The Hall–Kier alpha value is -1.84. The molecule has 0 aliphatic rings. The molecule has 4 heteroatoms. The molecule has 1 atom stereocenters. The monoisotopic (exact) mass is 331 g/mol. The van der Waals surface area contributed by atoms with Crippen LogP contribution in [0, 0.1) is 5.92 Å². The summed E-state index contributed by atoms with van der Waals surface area (Å²) in [5.74, 6) is 0.472. The van der Waals surface area contributed by atoms with Crippen molar-refractivity contribution in [3.63, 3.8) is 0 Å². The van der Waals surface area contributed by atoms with E-state index in [-0.39, 0.29) is 11.9 Å². The molecular formula is C19H24ClN2O+. The Kier molecular flexibility index (Phi) is 6.63. The first-order chi connectivity index (χ1) is 11.1. The van der Waals surface area contributed by atoms with Crippen LogP contribution in [0.5, 0.6) is 0 Å². The van der Waals surface area contributed by atoms with E-state index in [1.165, 1.54) is 5.56 Å². The van der Waals surface area contributed by atoms with Crippen LogP contribution in [0.2, 0.25) is 5.02 Å². The Labute approximate surface area is 143 Å². The maximum atomic E-state index is 12.1. The lowest BCUT2D eigenvalue weighted by Gasteiger charge is -2.19. The molecule has 2 rings (SSSR count). The van der Waals surface area contributed by atoms with Crippen LogP contribution in [-0.4, -0.2) is 12.5 Å². The number of benzene rings is 2. The molecule has 2 aromatic rings. The predicted molar refractivity (Wildman–Crippen MR) is 94.1 cm³/mol. The van der Waals surface area contributed by atoms with Crippen molar-refractivity contribution in [3.8, 4) is 0 Å². The summed E-state index contributed by atoms with van der Waals surface area (Å²) >= 11 is 6.10. The highest BCUT2D eigenvalue weighted by molar-refractivity contribution is 6.31. The number of nitrogens with one attached hydrogen (secondary N) is 1. The molecule has 0 heterocycles. The zero-order valence-electron chi connectivity index (χ0n) is 13.6. The van der Waals surface area contributed by atoms with Crippen LogP contribution in [-0.2, 0) is 11.3 Å². The quantitative estimate of drug-likeness (QED) is 0.805. The van der Waals surface area contributed by atoms with E-state index in [1.54, 1.807) is 0 Å². The van der Waals surface area contributed by atoms with E-state index in [1.807, 2.05) is 42.5 Å². The van der Waals surface area contributed by atoms with E-state index in [9.17, 15) is 4.79 Å². The molecular weight excluding hydrogens is 308 g/mol. The predicted octanol–water partition coefficient (Wildman–Crippen LogP) is 2.92. The van der Waals surface area contributed by atoms with Gasteiger partial charge < -0.3 is 10.6 Å². The van der Waals surface area contributed by atoms with Gasteiger partial charge in [-0.2, -0.15) is 0 Å². The molecule has 0 unspecified atom stereocenters. The molecule has 0 saturated heterocycles. The van der Waals surface area contributed by atoms with Gasteiger partial charge in [-0.25, -0.2) is 0 Å². The summed E-state index contributed by atoms with van der Waals surface area (Å²) < 4.78 is 0. The van der Waals surface area contributed by atoms with Crippen LogP contribution in [0.1, 0.15) is 31.0 Å². The molecule has 0 fully saturated rings. The lowest BCUT2D eigenvalue weighted by Crippen LogP contribution is -2.88. The maximum Gasteiger partial charge on any atom is 0.275 e. The van der Waals surface area contributed by atoms with Crippen molar-refractivity contribution in [1.29, 1.82) is 0 Å². The maximum absolute atomic E-state index is 12.1. The van der Waals surface area contributed by atoms with Gasteiger partial charge in [-0.05, 0) is 11.6 Å². The van der Waals surface area contributed by atoms with E-state index in [4.69, 9.17) is 11.6 Å². The first-order valence-electron chi connectivity index (χ1n) is 7.96. The van der Waals surface area contributed by atoms with Gasteiger partial charge in [0, 0.05) is 23.0 Å². The van der Waals surface area contributed by atoms with Crippen molar-refractivity contribution >= 4 is 17.5 Å². The number of carbonyl (C=O) groups is 1. The summed E-state index contributed by atoms with van der Waals surface area (Å²) in [5, 5.41) is 5.71. The summed E-state index contributed by atoms with van der Waals surface area (Å²) in [4.78, 5) is 12.1. The topological polar surface area (TPSA) is 45.7 Å². The third-order valence-electron chi connectivity index (χ3n) is 3.89. The van der Waals surface area contributed by atoms with Gasteiger partial charge >= 0.3 is 0 Å². The second-order valence-electron chi connectivity index (χ2n) is 5.99. The van der Waals surface area contributed by atoms with Gasteiger partial charge in [0.1, 0.15) is 6.04 Å². The Morgan fingerprint density at radius 3 is 2.39 bits per heavy atom. The summed E-state index contributed by atoms with van der Waals surface area (Å²) in [6, 6.07) is 18.2. The second-order valence-corrected chi connectivity index (χ2v) is 6.40. The number of amides is 1. The number of carbonyl (C=O) groups excluding carboxylic acids is 1. The second kappa shape index (κ2) is 8.70. The molecule has 0 aliphatic carbocycles. The molecule has 0 saturated carbocycles. The van der Waals surface area contributed by atoms with Crippen molar-refractivity contribution < 1.29 is 10.1 Å². The minimum Gasteiger partial charge on any atom is -0.347 e. The molecule has 0 bridgehead atoms. The fraction of sp³-hybridized carbons (Fsp3) is 0.316. The highest BCUT2D eigenvalue weighted by atomic mass is 35.5. The Morgan fingerprint density at radius 2 is 1.74 bits per heavy atom. The van der Waals surface area contributed by atoms with Crippen LogP contribution in [0.4, 0.5) is 0 Å². The molecule has 0 spiro atoms. The zero-order chi connectivity index (χ0) is 16.7. The zero-order valence-corrected chi connectivity index (χ0v) is 14.4. The standard InChI is InChI=1S/C19H23ClN2O/c1-14(2)19(15-8-4-3-5-9-15)22-13-18(23)21-12-16-10-6-7-11-17(16)20/h3-11,14,19,22H,12-13H2,1-2H3,(H,21,23)/p+1/t19-/m1/s1. The van der Waals surface area contributed by atoms with E-state index < -0.39 is 0 Å². The molecule has 0 aromatic heterocycles. The summed E-state index contributed by atoms with van der Waals surface area (Å²) in [5.41, 5.74) is 2.19. The fourth-order valence-electron chi connectivity index (χ4n) is 2.61. The molecule has 122 valence electrons. The molecule has 2 aromatic carbocycles. The molecule has 1 amide bonds. The van der Waals surface area contributed by atoms with Gasteiger partial charge in [0.15, 0.2) is 6.54 Å². The number of nitrogens with two attached hydrogens (primary N) is 1. The summed E-state index contributed by atoms with van der Waals surface area (Å²) in [6.45, 7) is 5.22. The van der Waals surface area contributed by atoms with Crippen molar-refractivity contribution in [1.82, 2.24) is 5.32 Å². The van der Waals surface area contributed by atoms with E-state index >= 15 is 0 Å². The SMILES string of the molecule is CC(C)[C@@H]([NH2+]CC(=O)NCc1ccccc1Cl)c1ccccc1. The average Bonchev–Trinajstić information content (AvgIpc) is 2.55. The van der Waals surface area contributed by atoms with Crippen molar-refractivity contribution in [2.45, 2.75) is 26.4 Å². The van der Waals surface area contributed by atoms with Crippen molar-refractivity contribution in [2.75, 3.05) is 6.54 Å². The number of halogens is 1. The summed E-state index contributed by atoms with van der Waals surface area (Å²) in [6.07, 6.45) is 0. The fourth-order valence-corrected chi connectivity index (χ4v) is 2.81. The summed E-state index contributed by atoms with van der Waals surface area (Å²) in [7, 11) is 0. The van der Waals surface area contributed by atoms with Crippen molar-refractivity contribution in [2.24, 2.45) is 5.92 Å². The average molecular weight is 332 g/mol. The van der Waals surface area contributed by atoms with Crippen LogP contribution < -0.4 is 10.6 Å². The molecule has 23 heavy (non-hydrogen) atoms. The van der Waals surface area contributed by atoms with E-state index in [2.05, 4.69) is 36.6 Å². The highest BCUT2D eigenvalue weighted by Crippen LogP contribution is 2.17. The molecule has 0 radical (unpaired) electrons. The Balaban J connectivity index is 1.86. The number of quaternary nitrogens is 1. The van der Waals surface area contributed by atoms with Gasteiger partial charge in [0.05, 0.1) is 0 Å². The largest absolute Gasteiger partial charge is 0.347 e. The normalized spacial score (nSPS) is 12.2. The van der Waals surface area contributed by atoms with Crippen molar-refractivity contribution in [3.05, 3.63) is 70.7 Å².